The predicted octanol–water partition coefficient (Wildman–Crippen LogP) is 2.69. The van der Waals surface area contributed by atoms with Crippen LogP contribution in [0.2, 0.25) is 0 Å². The highest BCUT2D eigenvalue weighted by Gasteiger charge is 2.22. The topological polar surface area (TPSA) is 41.5 Å². The number of aliphatic hydroxyl groups is 1. The van der Waals surface area contributed by atoms with E-state index in [4.69, 9.17) is 4.74 Å². The standard InChI is InChI=1S/C17H21NO2/c1-17(19,15-9-4-3-5-10-15)13-18-12-14-8-6-7-11-16(14)20-2/h3-11,18-19H,12-13H2,1-2H3. The van der Waals surface area contributed by atoms with Crippen molar-refractivity contribution in [2.45, 2.75) is 19.1 Å². The molecule has 0 radical (unpaired) electrons. The zero-order chi connectivity index (χ0) is 14.4. The molecule has 20 heavy (non-hydrogen) atoms. The minimum Gasteiger partial charge on any atom is -0.496 e. The first kappa shape index (κ1) is 14.6. The maximum absolute atomic E-state index is 10.5. The van der Waals surface area contributed by atoms with Crippen LogP contribution in [0, 0.1) is 0 Å². The van der Waals surface area contributed by atoms with E-state index in [2.05, 4.69) is 5.32 Å². The smallest absolute Gasteiger partial charge is 0.123 e. The van der Waals surface area contributed by atoms with Crippen molar-refractivity contribution in [1.82, 2.24) is 5.32 Å². The number of para-hydroxylation sites is 1. The van der Waals surface area contributed by atoms with Crippen molar-refractivity contribution >= 4 is 0 Å². The van der Waals surface area contributed by atoms with Gasteiger partial charge in [0.1, 0.15) is 5.75 Å². The van der Waals surface area contributed by atoms with Crippen LogP contribution in [0.25, 0.3) is 0 Å². The number of methoxy groups -OCH3 is 1. The van der Waals surface area contributed by atoms with Gasteiger partial charge >= 0.3 is 0 Å². The molecule has 3 nitrogen and oxygen atoms in total. The molecule has 0 saturated carbocycles. The van der Waals surface area contributed by atoms with Gasteiger partial charge in [-0.2, -0.15) is 0 Å². The molecule has 0 heterocycles. The van der Waals surface area contributed by atoms with E-state index in [-0.39, 0.29) is 0 Å². The number of benzene rings is 2. The number of hydrogen-bond donors (Lipinski definition) is 2. The Morgan fingerprint density at radius 3 is 2.40 bits per heavy atom. The largest absolute Gasteiger partial charge is 0.496 e. The highest BCUT2D eigenvalue weighted by Crippen LogP contribution is 2.20. The second-order valence-corrected chi connectivity index (χ2v) is 5.06. The van der Waals surface area contributed by atoms with Crippen LogP contribution in [0.5, 0.6) is 5.75 Å². The summed E-state index contributed by atoms with van der Waals surface area (Å²) < 4.78 is 5.31. The first-order valence-electron chi connectivity index (χ1n) is 6.74. The molecule has 0 aliphatic rings. The van der Waals surface area contributed by atoms with Gasteiger partial charge in [0, 0.05) is 18.7 Å². The molecule has 2 aromatic rings. The summed E-state index contributed by atoms with van der Waals surface area (Å²) >= 11 is 0. The summed E-state index contributed by atoms with van der Waals surface area (Å²) in [5.41, 5.74) is 1.11. The molecule has 3 heteroatoms. The lowest BCUT2D eigenvalue weighted by atomic mass is 9.96. The van der Waals surface area contributed by atoms with Crippen molar-refractivity contribution in [3.05, 3.63) is 65.7 Å². The van der Waals surface area contributed by atoms with Crippen molar-refractivity contribution in [3.8, 4) is 5.75 Å². The fraction of sp³-hybridized carbons (Fsp3) is 0.294. The normalized spacial score (nSPS) is 13.8. The maximum Gasteiger partial charge on any atom is 0.123 e. The molecule has 1 unspecified atom stereocenters. The lowest BCUT2D eigenvalue weighted by Gasteiger charge is -2.24. The van der Waals surface area contributed by atoms with Crippen LogP contribution in [0.1, 0.15) is 18.1 Å². The predicted molar refractivity (Wildman–Crippen MR) is 80.7 cm³/mol. The average molecular weight is 271 g/mol. The van der Waals surface area contributed by atoms with Crippen LogP contribution in [0.4, 0.5) is 0 Å². The molecule has 106 valence electrons. The Hall–Kier alpha value is -1.84. The van der Waals surface area contributed by atoms with Crippen molar-refractivity contribution in [2.75, 3.05) is 13.7 Å². The van der Waals surface area contributed by atoms with Gasteiger partial charge in [0.2, 0.25) is 0 Å². The van der Waals surface area contributed by atoms with E-state index < -0.39 is 5.60 Å². The Morgan fingerprint density at radius 1 is 1.05 bits per heavy atom. The fourth-order valence-electron chi connectivity index (χ4n) is 2.19. The second-order valence-electron chi connectivity index (χ2n) is 5.06. The summed E-state index contributed by atoms with van der Waals surface area (Å²) in [5, 5.41) is 13.8. The van der Waals surface area contributed by atoms with Gasteiger partial charge in [0.05, 0.1) is 12.7 Å². The highest BCUT2D eigenvalue weighted by atomic mass is 16.5. The number of hydrogen-bond acceptors (Lipinski definition) is 3. The molecule has 0 saturated heterocycles. The fourth-order valence-corrected chi connectivity index (χ4v) is 2.19. The summed E-state index contributed by atoms with van der Waals surface area (Å²) in [4.78, 5) is 0. The average Bonchev–Trinajstić information content (AvgIpc) is 2.48. The minimum atomic E-state index is -0.886. The lowest BCUT2D eigenvalue weighted by Crippen LogP contribution is -2.35. The first-order valence-corrected chi connectivity index (χ1v) is 6.74. The van der Waals surface area contributed by atoms with Crippen LogP contribution in [-0.4, -0.2) is 18.8 Å². The van der Waals surface area contributed by atoms with Gasteiger partial charge in [-0.3, -0.25) is 0 Å². The van der Waals surface area contributed by atoms with E-state index in [1.165, 1.54) is 0 Å². The Morgan fingerprint density at radius 2 is 1.70 bits per heavy atom. The number of nitrogens with one attached hydrogen (secondary N) is 1. The van der Waals surface area contributed by atoms with Gasteiger partial charge in [0.15, 0.2) is 0 Å². The third-order valence-corrected chi connectivity index (χ3v) is 3.37. The van der Waals surface area contributed by atoms with Crippen LogP contribution in [0.3, 0.4) is 0 Å². The van der Waals surface area contributed by atoms with Gasteiger partial charge < -0.3 is 15.2 Å². The summed E-state index contributed by atoms with van der Waals surface area (Å²) in [6.45, 7) is 2.96. The molecule has 0 spiro atoms. The van der Waals surface area contributed by atoms with Gasteiger partial charge in [-0.1, -0.05) is 48.5 Å². The van der Waals surface area contributed by atoms with Gasteiger partial charge in [-0.05, 0) is 18.6 Å². The molecule has 0 aromatic heterocycles. The van der Waals surface area contributed by atoms with Crippen LogP contribution >= 0.6 is 0 Å². The molecule has 0 amide bonds. The number of rotatable bonds is 6. The Balaban J connectivity index is 1.96. The van der Waals surface area contributed by atoms with Crippen LogP contribution in [0.15, 0.2) is 54.6 Å². The van der Waals surface area contributed by atoms with Gasteiger partial charge in [-0.15, -0.1) is 0 Å². The zero-order valence-corrected chi connectivity index (χ0v) is 12.0. The van der Waals surface area contributed by atoms with E-state index in [1.54, 1.807) is 7.11 Å². The summed E-state index contributed by atoms with van der Waals surface area (Å²) in [7, 11) is 1.67. The Kier molecular flexibility index (Phi) is 4.77. The third kappa shape index (κ3) is 3.59. The molecule has 1 atom stereocenters. The van der Waals surface area contributed by atoms with E-state index in [0.717, 1.165) is 16.9 Å². The molecule has 2 rings (SSSR count). The molecule has 2 N–H and O–H groups in total. The molecular weight excluding hydrogens is 250 g/mol. The molecular formula is C17H21NO2. The third-order valence-electron chi connectivity index (χ3n) is 3.37. The highest BCUT2D eigenvalue weighted by molar-refractivity contribution is 5.33. The molecule has 0 aliphatic carbocycles. The maximum atomic E-state index is 10.5. The van der Waals surface area contributed by atoms with Crippen molar-refractivity contribution in [1.29, 1.82) is 0 Å². The molecule has 0 aliphatic heterocycles. The summed E-state index contributed by atoms with van der Waals surface area (Å²) in [5.74, 6) is 0.861. The number of ether oxygens (including phenoxy) is 1. The second kappa shape index (κ2) is 6.55. The van der Waals surface area contributed by atoms with Crippen LogP contribution in [-0.2, 0) is 12.1 Å². The minimum absolute atomic E-state index is 0.481. The van der Waals surface area contributed by atoms with Gasteiger partial charge in [0.25, 0.3) is 0 Å². The quantitative estimate of drug-likeness (QED) is 0.849. The van der Waals surface area contributed by atoms with E-state index in [1.807, 2.05) is 61.5 Å². The van der Waals surface area contributed by atoms with E-state index in [9.17, 15) is 5.11 Å². The molecule has 0 bridgehead atoms. The first-order chi connectivity index (χ1) is 9.63. The molecule has 0 fully saturated rings. The van der Waals surface area contributed by atoms with Crippen molar-refractivity contribution in [2.24, 2.45) is 0 Å². The Labute approximate surface area is 120 Å². The summed E-state index contributed by atoms with van der Waals surface area (Å²) in [6, 6.07) is 17.6. The van der Waals surface area contributed by atoms with Crippen molar-refractivity contribution < 1.29 is 9.84 Å². The monoisotopic (exact) mass is 271 g/mol. The van der Waals surface area contributed by atoms with Crippen LogP contribution < -0.4 is 10.1 Å². The van der Waals surface area contributed by atoms with Gasteiger partial charge in [-0.25, -0.2) is 0 Å². The Bertz CT molecular complexity index is 538. The molecule has 2 aromatic carbocycles. The zero-order valence-electron chi connectivity index (χ0n) is 12.0. The lowest BCUT2D eigenvalue weighted by molar-refractivity contribution is 0.0566. The summed E-state index contributed by atoms with van der Waals surface area (Å²) in [6.07, 6.45) is 0. The van der Waals surface area contributed by atoms with E-state index >= 15 is 0 Å². The van der Waals surface area contributed by atoms with Crippen molar-refractivity contribution in [3.63, 3.8) is 0 Å². The SMILES string of the molecule is COc1ccccc1CNCC(C)(O)c1ccccc1. The van der Waals surface area contributed by atoms with E-state index in [0.29, 0.717) is 13.1 Å².